The molecule has 1 amide bonds. The van der Waals surface area contributed by atoms with Gasteiger partial charge in [-0.05, 0) is 40.0 Å². The fourth-order valence-corrected chi connectivity index (χ4v) is 3.09. The molecule has 1 aliphatic heterocycles. The van der Waals surface area contributed by atoms with Gasteiger partial charge in [0.15, 0.2) is 0 Å². The summed E-state index contributed by atoms with van der Waals surface area (Å²) >= 11 is 0. The molecule has 0 aromatic rings. The van der Waals surface area contributed by atoms with E-state index in [1.807, 2.05) is 18.7 Å². The van der Waals surface area contributed by atoms with Crippen molar-refractivity contribution in [3.05, 3.63) is 0 Å². The molecule has 0 aromatic carbocycles. The molecular formula is C14H28N2O2. The first-order valence-electron chi connectivity index (χ1n) is 6.95. The highest BCUT2D eigenvalue weighted by molar-refractivity contribution is 5.88. The summed E-state index contributed by atoms with van der Waals surface area (Å²) in [5.41, 5.74) is -1.49. The van der Waals surface area contributed by atoms with Crippen LogP contribution < -0.4 is 0 Å². The Kier molecular flexibility index (Phi) is 4.13. The molecule has 0 spiro atoms. The Morgan fingerprint density at radius 2 is 1.67 bits per heavy atom. The molecule has 0 saturated carbocycles. The van der Waals surface area contributed by atoms with E-state index in [2.05, 4.69) is 20.8 Å². The Hall–Kier alpha value is -0.610. The molecule has 106 valence electrons. The molecule has 0 radical (unpaired) electrons. The first-order chi connectivity index (χ1) is 8.12. The van der Waals surface area contributed by atoms with Gasteiger partial charge < -0.3 is 10.1 Å². The van der Waals surface area contributed by atoms with E-state index in [0.29, 0.717) is 5.92 Å². The number of hydrogen-bond acceptors (Lipinski definition) is 3. The van der Waals surface area contributed by atoms with Gasteiger partial charge in [0, 0.05) is 6.04 Å². The first kappa shape index (κ1) is 15.4. The van der Waals surface area contributed by atoms with E-state index in [0.717, 1.165) is 12.8 Å². The first-order valence-corrected chi connectivity index (χ1v) is 6.95. The highest BCUT2D eigenvalue weighted by Crippen LogP contribution is 2.40. The molecule has 0 aromatic heterocycles. The molecule has 0 aliphatic carbocycles. The average Bonchev–Trinajstić information content (AvgIpc) is 2.42. The molecule has 18 heavy (non-hydrogen) atoms. The van der Waals surface area contributed by atoms with E-state index < -0.39 is 11.2 Å². The van der Waals surface area contributed by atoms with Gasteiger partial charge >= 0.3 is 0 Å². The van der Waals surface area contributed by atoms with E-state index in [9.17, 15) is 10.0 Å². The predicted octanol–water partition coefficient (Wildman–Crippen LogP) is 2.86. The number of nitrogens with zero attached hydrogens (tertiary/aromatic N) is 2. The van der Waals surface area contributed by atoms with Crippen LogP contribution >= 0.6 is 0 Å². The maximum atomic E-state index is 12.6. The van der Waals surface area contributed by atoms with Crippen molar-refractivity contribution in [2.24, 2.45) is 5.92 Å². The molecule has 4 nitrogen and oxygen atoms in total. The number of carbonyl (C=O) groups is 1. The van der Waals surface area contributed by atoms with Crippen LogP contribution in [-0.4, -0.2) is 38.3 Å². The Labute approximate surface area is 111 Å². The Bertz CT molecular complexity index is 326. The zero-order valence-corrected chi connectivity index (χ0v) is 12.8. The minimum Gasteiger partial charge on any atom is -0.318 e. The summed E-state index contributed by atoms with van der Waals surface area (Å²) in [7, 11) is 0. The maximum Gasteiger partial charge on any atom is 0.246 e. The summed E-state index contributed by atoms with van der Waals surface area (Å²) in [6.45, 7) is 13.8. The highest BCUT2D eigenvalue weighted by atomic mass is 16.5. The van der Waals surface area contributed by atoms with Gasteiger partial charge in [0.2, 0.25) is 5.91 Å². The van der Waals surface area contributed by atoms with Gasteiger partial charge in [-0.1, -0.05) is 27.2 Å². The van der Waals surface area contributed by atoms with Crippen LogP contribution in [0.1, 0.15) is 61.3 Å². The van der Waals surface area contributed by atoms with Crippen LogP contribution in [0.25, 0.3) is 0 Å². The molecule has 4 heteroatoms. The number of hydroxylamine groups is 2. The summed E-state index contributed by atoms with van der Waals surface area (Å²) in [5.74, 6) is 0.447. The quantitative estimate of drug-likeness (QED) is 0.841. The van der Waals surface area contributed by atoms with Crippen molar-refractivity contribution >= 4 is 5.91 Å². The van der Waals surface area contributed by atoms with E-state index >= 15 is 0 Å². The predicted molar refractivity (Wildman–Crippen MR) is 72.2 cm³/mol. The molecule has 0 bridgehead atoms. The highest BCUT2D eigenvalue weighted by Gasteiger charge is 2.58. The largest absolute Gasteiger partial charge is 0.318 e. The fourth-order valence-electron chi connectivity index (χ4n) is 3.09. The fraction of sp³-hybridized carbons (Fsp3) is 0.929. The Morgan fingerprint density at radius 3 is 1.94 bits per heavy atom. The molecule has 1 aliphatic rings. The number of carbonyl (C=O) groups excluding carboxylic acids is 1. The van der Waals surface area contributed by atoms with E-state index in [-0.39, 0.29) is 11.9 Å². The lowest BCUT2D eigenvalue weighted by Crippen LogP contribution is -2.54. The maximum absolute atomic E-state index is 12.6. The van der Waals surface area contributed by atoms with Crippen molar-refractivity contribution in [1.82, 2.24) is 9.96 Å². The molecular weight excluding hydrogens is 228 g/mol. The smallest absolute Gasteiger partial charge is 0.246 e. The third kappa shape index (κ3) is 2.05. The number of rotatable bonds is 4. The third-order valence-electron chi connectivity index (χ3n) is 4.43. The summed E-state index contributed by atoms with van der Waals surface area (Å²) in [6.07, 6.45) is 1.94. The van der Waals surface area contributed by atoms with Gasteiger partial charge in [0.1, 0.15) is 11.2 Å². The minimum atomic E-state index is -0.843. The normalized spacial score (nSPS) is 26.4. The molecule has 1 heterocycles. The second-order valence-electron chi connectivity index (χ2n) is 6.40. The zero-order chi connectivity index (χ0) is 14.3. The summed E-state index contributed by atoms with van der Waals surface area (Å²) in [4.78, 5) is 14.5. The van der Waals surface area contributed by atoms with Crippen LogP contribution in [0.5, 0.6) is 0 Å². The summed E-state index contributed by atoms with van der Waals surface area (Å²) in [6, 6.07) is 0.175. The number of hydrogen-bond donors (Lipinski definition) is 1. The van der Waals surface area contributed by atoms with E-state index in [4.69, 9.17) is 0 Å². The zero-order valence-electron chi connectivity index (χ0n) is 12.8. The van der Waals surface area contributed by atoms with Crippen molar-refractivity contribution in [3.63, 3.8) is 0 Å². The van der Waals surface area contributed by atoms with Crippen LogP contribution in [0.3, 0.4) is 0 Å². The van der Waals surface area contributed by atoms with Crippen LogP contribution in [0.4, 0.5) is 0 Å². The van der Waals surface area contributed by atoms with Gasteiger partial charge in [0.25, 0.3) is 0 Å². The lowest BCUT2D eigenvalue weighted by Gasteiger charge is -2.42. The summed E-state index contributed by atoms with van der Waals surface area (Å²) < 4.78 is 0. The van der Waals surface area contributed by atoms with Gasteiger partial charge in [-0.25, -0.2) is 0 Å². The molecule has 1 fully saturated rings. The molecule has 2 atom stereocenters. The lowest BCUT2D eigenvalue weighted by molar-refractivity contribution is -0.214. The molecule has 2 unspecified atom stereocenters. The van der Waals surface area contributed by atoms with Crippen LogP contribution in [0.2, 0.25) is 0 Å². The van der Waals surface area contributed by atoms with Gasteiger partial charge in [-0.2, -0.15) is 5.06 Å². The van der Waals surface area contributed by atoms with Crippen LogP contribution in [0.15, 0.2) is 0 Å². The number of amides is 1. The van der Waals surface area contributed by atoms with Crippen molar-refractivity contribution in [2.75, 3.05) is 0 Å². The molecule has 1 saturated heterocycles. The summed E-state index contributed by atoms with van der Waals surface area (Å²) in [5, 5.41) is 11.5. The Morgan fingerprint density at radius 1 is 1.17 bits per heavy atom. The van der Waals surface area contributed by atoms with Gasteiger partial charge in [-0.3, -0.25) is 4.79 Å². The topological polar surface area (TPSA) is 43.8 Å². The van der Waals surface area contributed by atoms with E-state index in [1.165, 1.54) is 5.06 Å². The van der Waals surface area contributed by atoms with E-state index in [1.54, 1.807) is 13.8 Å². The van der Waals surface area contributed by atoms with Gasteiger partial charge in [0.05, 0.1) is 0 Å². The third-order valence-corrected chi connectivity index (χ3v) is 4.43. The Balaban J connectivity index is 3.18. The van der Waals surface area contributed by atoms with Crippen molar-refractivity contribution in [2.45, 2.75) is 78.6 Å². The second-order valence-corrected chi connectivity index (χ2v) is 6.40. The standard InChI is InChI=1S/C14H28N2O2/c1-8-10(3)11(9-2)15-12(17)13(4,5)16(18)14(15,6)7/h10-11,18H,8-9H2,1-7H3. The minimum absolute atomic E-state index is 0.0159. The van der Waals surface area contributed by atoms with Crippen molar-refractivity contribution in [1.29, 1.82) is 0 Å². The van der Waals surface area contributed by atoms with Crippen LogP contribution in [0, 0.1) is 5.92 Å². The van der Waals surface area contributed by atoms with Crippen LogP contribution in [-0.2, 0) is 4.79 Å². The average molecular weight is 256 g/mol. The van der Waals surface area contributed by atoms with Crippen molar-refractivity contribution < 1.29 is 10.0 Å². The SMILES string of the molecule is CCC(C)C(CC)N1C(=O)C(C)(C)N(O)C1(C)C. The second kappa shape index (κ2) is 4.82. The van der Waals surface area contributed by atoms with Gasteiger partial charge in [-0.15, -0.1) is 0 Å². The monoisotopic (exact) mass is 256 g/mol. The molecule has 1 rings (SSSR count). The lowest BCUT2D eigenvalue weighted by atomic mass is 9.93. The molecule has 1 N–H and O–H groups in total. The van der Waals surface area contributed by atoms with Crippen molar-refractivity contribution in [3.8, 4) is 0 Å².